The molecule has 1 aromatic rings. The lowest BCUT2D eigenvalue weighted by molar-refractivity contribution is -0.0855. The Morgan fingerprint density at radius 3 is 2.67 bits per heavy atom. The monoisotopic (exact) mass is 468 g/mol. The molecular weight excluding hydrogens is 439 g/mol. The van der Waals surface area contributed by atoms with E-state index in [1.165, 1.54) is 0 Å². The maximum Gasteiger partial charge on any atom is 0.191 e. The van der Waals surface area contributed by atoms with E-state index in [0.29, 0.717) is 12.5 Å². The highest BCUT2D eigenvalue weighted by atomic mass is 127. The van der Waals surface area contributed by atoms with Crippen LogP contribution in [0.3, 0.4) is 0 Å². The lowest BCUT2D eigenvalue weighted by atomic mass is 9.94. The molecule has 2 heterocycles. The van der Waals surface area contributed by atoms with Gasteiger partial charge in [0.15, 0.2) is 5.96 Å². The number of aromatic nitrogens is 1. The van der Waals surface area contributed by atoms with Crippen LogP contribution in [0.25, 0.3) is 0 Å². The molecule has 24 heavy (non-hydrogen) atoms. The number of guanidine groups is 1. The van der Waals surface area contributed by atoms with Crippen molar-refractivity contribution in [1.82, 2.24) is 15.6 Å². The van der Waals surface area contributed by atoms with Crippen molar-refractivity contribution in [1.29, 1.82) is 0 Å². The predicted octanol–water partition coefficient (Wildman–Crippen LogP) is 2.75. The van der Waals surface area contributed by atoms with Gasteiger partial charge < -0.3 is 20.1 Å². The first-order valence-electron chi connectivity index (χ1n) is 8.10. The molecule has 1 aliphatic heterocycles. The van der Waals surface area contributed by atoms with Gasteiger partial charge in [0.2, 0.25) is 0 Å². The molecule has 138 valence electrons. The van der Waals surface area contributed by atoms with Crippen molar-refractivity contribution in [2.45, 2.75) is 44.8 Å². The Labute approximate surface area is 165 Å². The Hall–Kier alpha value is -0.450. The Bertz CT molecular complexity index is 516. The second-order valence-corrected chi connectivity index (χ2v) is 7.04. The molecule has 0 bridgehead atoms. The molecule has 1 aromatic heterocycles. The Morgan fingerprint density at radius 1 is 1.42 bits per heavy atom. The van der Waals surface area contributed by atoms with E-state index >= 15 is 0 Å². The molecule has 1 saturated heterocycles. The maximum atomic E-state index is 5.73. The van der Waals surface area contributed by atoms with Crippen molar-refractivity contribution in [2.75, 3.05) is 33.9 Å². The molecule has 8 heteroatoms. The summed E-state index contributed by atoms with van der Waals surface area (Å²) in [7, 11) is 3.55. The summed E-state index contributed by atoms with van der Waals surface area (Å²) < 4.78 is 11.2. The van der Waals surface area contributed by atoms with Crippen molar-refractivity contribution in [3.05, 3.63) is 16.1 Å². The van der Waals surface area contributed by atoms with Gasteiger partial charge in [-0.3, -0.25) is 4.99 Å². The van der Waals surface area contributed by atoms with E-state index in [1.54, 1.807) is 25.5 Å². The molecule has 2 N–H and O–H groups in total. The van der Waals surface area contributed by atoms with Gasteiger partial charge in [-0.1, -0.05) is 13.8 Å². The van der Waals surface area contributed by atoms with Crippen LogP contribution in [-0.2, 0) is 16.0 Å². The number of rotatable bonds is 6. The molecule has 0 amide bonds. The van der Waals surface area contributed by atoms with Crippen LogP contribution in [0.2, 0.25) is 0 Å². The van der Waals surface area contributed by atoms with Gasteiger partial charge in [0, 0.05) is 52.1 Å². The fraction of sp³-hybridized carbons (Fsp3) is 0.750. The number of hydrogen-bond donors (Lipinski definition) is 2. The molecule has 0 spiro atoms. The molecular formula is C16H29IN4O2S. The molecule has 0 unspecified atom stereocenters. The largest absolute Gasteiger partial charge is 0.381 e. The minimum atomic E-state index is -0.165. The number of ether oxygens (including phenoxy) is 2. The Kier molecular flexibility index (Phi) is 9.47. The van der Waals surface area contributed by atoms with Crippen LogP contribution >= 0.6 is 35.3 Å². The zero-order valence-electron chi connectivity index (χ0n) is 14.9. The van der Waals surface area contributed by atoms with E-state index in [1.807, 2.05) is 0 Å². The van der Waals surface area contributed by atoms with Crippen molar-refractivity contribution in [3.63, 3.8) is 0 Å². The Balaban J connectivity index is 0.00000288. The number of nitrogens with zero attached hydrogens (tertiary/aromatic N) is 2. The highest BCUT2D eigenvalue weighted by Crippen LogP contribution is 2.23. The molecule has 1 fully saturated rings. The lowest BCUT2D eigenvalue weighted by Crippen LogP contribution is -2.50. The van der Waals surface area contributed by atoms with Crippen LogP contribution in [0.1, 0.15) is 43.3 Å². The molecule has 0 aromatic carbocycles. The molecule has 0 radical (unpaired) electrons. The van der Waals surface area contributed by atoms with Crippen molar-refractivity contribution >= 4 is 41.3 Å². The van der Waals surface area contributed by atoms with Gasteiger partial charge in [-0.15, -0.1) is 35.3 Å². The zero-order chi connectivity index (χ0) is 16.7. The smallest absolute Gasteiger partial charge is 0.191 e. The van der Waals surface area contributed by atoms with Crippen molar-refractivity contribution < 1.29 is 9.47 Å². The number of thiazole rings is 1. The van der Waals surface area contributed by atoms with Crippen molar-refractivity contribution in [3.8, 4) is 0 Å². The second-order valence-electron chi connectivity index (χ2n) is 6.10. The van der Waals surface area contributed by atoms with E-state index in [2.05, 4.69) is 39.8 Å². The number of nitrogens with one attached hydrogen (secondary N) is 2. The third-order valence-electron chi connectivity index (χ3n) is 4.21. The molecule has 6 nitrogen and oxygen atoms in total. The fourth-order valence-corrected chi connectivity index (χ4v) is 3.39. The molecule has 0 saturated carbocycles. The van der Waals surface area contributed by atoms with Crippen LogP contribution in [0.4, 0.5) is 0 Å². The van der Waals surface area contributed by atoms with Crippen LogP contribution in [0, 0.1) is 0 Å². The van der Waals surface area contributed by atoms with Crippen LogP contribution in [0.5, 0.6) is 0 Å². The second kappa shape index (κ2) is 10.5. The van der Waals surface area contributed by atoms with Gasteiger partial charge in [-0.2, -0.15) is 0 Å². The Morgan fingerprint density at radius 2 is 2.12 bits per heavy atom. The maximum absolute atomic E-state index is 5.73. The minimum absolute atomic E-state index is 0. The summed E-state index contributed by atoms with van der Waals surface area (Å²) in [5, 5.41) is 9.88. The SMILES string of the molecule is CN=C(NCc1nc(C(C)C)cs1)NCC1(OC)CCOCC1.I. The van der Waals surface area contributed by atoms with Gasteiger partial charge in [0.25, 0.3) is 0 Å². The summed E-state index contributed by atoms with van der Waals surface area (Å²) >= 11 is 1.68. The third kappa shape index (κ3) is 6.12. The topological polar surface area (TPSA) is 67.8 Å². The number of halogens is 1. The van der Waals surface area contributed by atoms with E-state index in [9.17, 15) is 0 Å². The zero-order valence-corrected chi connectivity index (χ0v) is 18.1. The average Bonchev–Trinajstić information content (AvgIpc) is 3.05. The fourth-order valence-electron chi connectivity index (χ4n) is 2.49. The first-order chi connectivity index (χ1) is 11.1. The summed E-state index contributed by atoms with van der Waals surface area (Å²) in [5.41, 5.74) is 0.984. The van der Waals surface area contributed by atoms with Gasteiger partial charge in [-0.25, -0.2) is 4.98 Å². The summed E-state index contributed by atoms with van der Waals surface area (Å²) in [6.07, 6.45) is 1.80. The van der Waals surface area contributed by atoms with Crippen LogP contribution in [0.15, 0.2) is 10.4 Å². The summed E-state index contributed by atoms with van der Waals surface area (Å²) in [6.45, 7) is 7.22. The normalized spacial score (nSPS) is 17.5. The van der Waals surface area contributed by atoms with E-state index in [0.717, 1.165) is 49.3 Å². The van der Waals surface area contributed by atoms with E-state index < -0.39 is 0 Å². The van der Waals surface area contributed by atoms with Gasteiger partial charge in [-0.05, 0) is 5.92 Å². The number of aliphatic imine (C=N–C) groups is 1. The first-order valence-corrected chi connectivity index (χ1v) is 8.98. The average molecular weight is 468 g/mol. The first kappa shape index (κ1) is 21.6. The minimum Gasteiger partial charge on any atom is -0.381 e. The summed E-state index contributed by atoms with van der Waals surface area (Å²) in [6, 6.07) is 0. The molecule has 2 rings (SSSR count). The summed E-state index contributed by atoms with van der Waals surface area (Å²) in [4.78, 5) is 8.91. The third-order valence-corrected chi connectivity index (χ3v) is 5.07. The van der Waals surface area contributed by atoms with Crippen LogP contribution < -0.4 is 10.6 Å². The summed E-state index contributed by atoms with van der Waals surface area (Å²) in [5.74, 6) is 1.24. The molecule has 0 aliphatic carbocycles. The van der Waals surface area contributed by atoms with Gasteiger partial charge >= 0.3 is 0 Å². The van der Waals surface area contributed by atoms with Gasteiger partial charge in [0.05, 0.1) is 17.8 Å². The number of methoxy groups -OCH3 is 1. The highest BCUT2D eigenvalue weighted by Gasteiger charge is 2.32. The van der Waals surface area contributed by atoms with Crippen LogP contribution in [-0.4, -0.2) is 50.5 Å². The highest BCUT2D eigenvalue weighted by molar-refractivity contribution is 14.0. The standard InChI is InChI=1S/C16H28N4O2S.HI/c1-12(2)13-10-23-14(20-13)9-18-15(17-3)19-11-16(21-4)5-7-22-8-6-16;/h10,12H,5-9,11H2,1-4H3,(H2,17,18,19);1H. The van der Waals surface area contributed by atoms with E-state index in [4.69, 9.17) is 9.47 Å². The predicted molar refractivity (Wildman–Crippen MR) is 110 cm³/mol. The number of hydrogen-bond acceptors (Lipinski definition) is 5. The lowest BCUT2D eigenvalue weighted by Gasteiger charge is -2.36. The van der Waals surface area contributed by atoms with E-state index in [-0.39, 0.29) is 29.6 Å². The molecule has 0 atom stereocenters. The van der Waals surface area contributed by atoms with Crippen molar-refractivity contribution in [2.24, 2.45) is 4.99 Å². The quantitative estimate of drug-likeness (QED) is 0.382. The van der Waals surface area contributed by atoms with Gasteiger partial charge in [0.1, 0.15) is 5.01 Å². The molecule has 1 aliphatic rings.